The number of hydrogen-bond acceptors (Lipinski definition) is 5. The molecule has 5 nitrogen and oxygen atoms in total. The maximum absolute atomic E-state index is 4.31. The second kappa shape index (κ2) is 5.88. The number of nitrogens with one attached hydrogen (secondary N) is 2. The molecular formula is C15H19N5. The molecule has 2 heterocycles. The normalized spacial score (nSPS) is 15.2. The quantitative estimate of drug-likeness (QED) is 0.886. The third kappa shape index (κ3) is 2.58. The minimum atomic E-state index is 0.647. The molecule has 0 aliphatic carbocycles. The molecule has 104 valence electrons. The van der Waals surface area contributed by atoms with E-state index in [0.717, 1.165) is 31.7 Å². The summed E-state index contributed by atoms with van der Waals surface area (Å²) in [5.74, 6) is 0.647. The predicted molar refractivity (Wildman–Crippen MR) is 82.1 cm³/mol. The van der Waals surface area contributed by atoms with E-state index in [2.05, 4.69) is 49.8 Å². The topological polar surface area (TPSA) is 53.1 Å². The lowest BCUT2D eigenvalue weighted by Crippen LogP contribution is -2.43. The molecule has 0 bridgehead atoms. The Kier molecular flexibility index (Phi) is 3.78. The molecular weight excluding hydrogens is 250 g/mol. The molecule has 0 atom stereocenters. The van der Waals surface area contributed by atoms with E-state index in [1.54, 1.807) is 0 Å². The van der Waals surface area contributed by atoms with Gasteiger partial charge in [-0.3, -0.25) is 0 Å². The van der Waals surface area contributed by atoms with Crippen LogP contribution in [0.15, 0.2) is 36.7 Å². The first-order chi connectivity index (χ1) is 9.88. The van der Waals surface area contributed by atoms with Crippen LogP contribution in [0, 0.1) is 0 Å². The number of anilines is 2. The third-order valence-corrected chi connectivity index (χ3v) is 3.55. The van der Waals surface area contributed by atoms with E-state index in [9.17, 15) is 0 Å². The van der Waals surface area contributed by atoms with Crippen molar-refractivity contribution < 1.29 is 0 Å². The molecule has 2 N–H and O–H groups in total. The average molecular weight is 269 g/mol. The summed E-state index contributed by atoms with van der Waals surface area (Å²) in [4.78, 5) is 11.0. The van der Waals surface area contributed by atoms with Gasteiger partial charge in [-0.05, 0) is 6.07 Å². The van der Waals surface area contributed by atoms with E-state index < -0.39 is 0 Å². The molecule has 3 rings (SSSR count). The van der Waals surface area contributed by atoms with E-state index in [4.69, 9.17) is 0 Å². The van der Waals surface area contributed by atoms with Gasteiger partial charge in [-0.15, -0.1) is 0 Å². The first kappa shape index (κ1) is 12.9. The highest BCUT2D eigenvalue weighted by atomic mass is 15.2. The van der Waals surface area contributed by atoms with Crippen LogP contribution in [0.5, 0.6) is 0 Å². The van der Waals surface area contributed by atoms with Gasteiger partial charge in [0, 0.05) is 62.4 Å². The van der Waals surface area contributed by atoms with Gasteiger partial charge < -0.3 is 15.5 Å². The lowest BCUT2D eigenvalue weighted by Gasteiger charge is -2.31. The largest absolute Gasteiger partial charge is 0.368 e. The van der Waals surface area contributed by atoms with Gasteiger partial charge in [0.2, 0.25) is 5.95 Å². The van der Waals surface area contributed by atoms with Gasteiger partial charge in [-0.1, -0.05) is 18.2 Å². The van der Waals surface area contributed by atoms with Gasteiger partial charge in [0.25, 0.3) is 0 Å². The van der Waals surface area contributed by atoms with Crippen LogP contribution in [-0.4, -0.2) is 43.2 Å². The Bertz CT molecular complexity index is 561. The second-order valence-electron chi connectivity index (χ2n) is 4.80. The van der Waals surface area contributed by atoms with Crippen molar-refractivity contribution in [1.29, 1.82) is 0 Å². The molecule has 5 heteroatoms. The Morgan fingerprint density at radius 3 is 2.50 bits per heavy atom. The van der Waals surface area contributed by atoms with Gasteiger partial charge >= 0.3 is 0 Å². The predicted octanol–water partition coefficient (Wildman–Crippen LogP) is 1.59. The van der Waals surface area contributed by atoms with E-state index in [-0.39, 0.29) is 0 Å². The second-order valence-corrected chi connectivity index (χ2v) is 4.80. The number of nitrogens with zero attached hydrogens (tertiary/aromatic N) is 3. The van der Waals surface area contributed by atoms with Crippen LogP contribution in [0.4, 0.5) is 11.6 Å². The minimum Gasteiger partial charge on any atom is -0.368 e. The zero-order valence-corrected chi connectivity index (χ0v) is 11.6. The molecule has 0 radical (unpaired) electrons. The monoisotopic (exact) mass is 269 g/mol. The van der Waals surface area contributed by atoms with Crippen LogP contribution in [-0.2, 0) is 0 Å². The van der Waals surface area contributed by atoms with Crippen molar-refractivity contribution in [3.8, 4) is 11.1 Å². The van der Waals surface area contributed by atoms with E-state index >= 15 is 0 Å². The Morgan fingerprint density at radius 2 is 1.80 bits per heavy atom. The molecule has 1 aromatic carbocycles. The van der Waals surface area contributed by atoms with Gasteiger partial charge in [0.1, 0.15) is 0 Å². The number of aromatic nitrogens is 2. The van der Waals surface area contributed by atoms with Crippen molar-refractivity contribution in [3.63, 3.8) is 0 Å². The standard InChI is InChI=1S/C15H19N5/c1-16-15-18-10-12(11-19-15)13-4-2-3-5-14(13)20-8-6-17-7-9-20/h2-5,10-11,17H,6-9H2,1H3,(H,16,18,19). The van der Waals surface area contributed by atoms with Crippen LogP contribution >= 0.6 is 0 Å². The van der Waals surface area contributed by atoms with Crippen LogP contribution < -0.4 is 15.5 Å². The molecule has 0 amide bonds. The Morgan fingerprint density at radius 1 is 1.10 bits per heavy atom. The smallest absolute Gasteiger partial charge is 0.222 e. The number of benzene rings is 1. The molecule has 0 unspecified atom stereocenters. The molecule has 1 saturated heterocycles. The molecule has 2 aromatic rings. The molecule has 1 aliphatic rings. The number of piperazine rings is 1. The summed E-state index contributed by atoms with van der Waals surface area (Å²) in [6.07, 6.45) is 3.75. The first-order valence-corrected chi connectivity index (χ1v) is 6.93. The van der Waals surface area contributed by atoms with Gasteiger partial charge in [0.05, 0.1) is 0 Å². The Hall–Kier alpha value is -2.14. The van der Waals surface area contributed by atoms with Crippen molar-refractivity contribution in [2.24, 2.45) is 0 Å². The maximum atomic E-state index is 4.31. The summed E-state index contributed by atoms with van der Waals surface area (Å²) >= 11 is 0. The number of rotatable bonds is 3. The lowest BCUT2D eigenvalue weighted by atomic mass is 10.1. The SMILES string of the molecule is CNc1ncc(-c2ccccc2N2CCNCC2)cn1. The molecule has 20 heavy (non-hydrogen) atoms. The van der Waals surface area contributed by atoms with Crippen molar-refractivity contribution in [1.82, 2.24) is 15.3 Å². The van der Waals surface area contributed by atoms with Crippen LogP contribution in [0.2, 0.25) is 0 Å². The van der Waals surface area contributed by atoms with Gasteiger partial charge in [-0.2, -0.15) is 0 Å². The zero-order chi connectivity index (χ0) is 13.8. The van der Waals surface area contributed by atoms with Gasteiger partial charge in [-0.25, -0.2) is 9.97 Å². The molecule has 1 aromatic heterocycles. The number of hydrogen-bond donors (Lipinski definition) is 2. The summed E-state index contributed by atoms with van der Waals surface area (Å²) in [6, 6.07) is 8.46. The van der Waals surface area contributed by atoms with Crippen LogP contribution in [0.25, 0.3) is 11.1 Å². The molecule has 1 fully saturated rings. The zero-order valence-electron chi connectivity index (χ0n) is 11.6. The average Bonchev–Trinajstić information content (AvgIpc) is 2.56. The van der Waals surface area contributed by atoms with E-state index in [1.165, 1.54) is 11.3 Å². The summed E-state index contributed by atoms with van der Waals surface area (Å²) in [6.45, 7) is 4.13. The Balaban J connectivity index is 1.95. The highest BCUT2D eigenvalue weighted by Gasteiger charge is 2.14. The molecule has 0 spiro atoms. The van der Waals surface area contributed by atoms with Crippen molar-refractivity contribution >= 4 is 11.6 Å². The minimum absolute atomic E-state index is 0.647. The van der Waals surface area contributed by atoms with Crippen LogP contribution in [0.3, 0.4) is 0 Å². The van der Waals surface area contributed by atoms with Crippen molar-refractivity contribution in [2.45, 2.75) is 0 Å². The van der Waals surface area contributed by atoms with Gasteiger partial charge in [0.15, 0.2) is 0 Å². The van der Waals surface area contributed by atoms with E-state index in [0.29, 0.717) is 5.95 Å². The molecule has 1 aliphatic heterocycles. The fourth-order valence-electron chi connectivity index (χ4n) is 2.50. The summed E-state index contributed by atoms with van der Waals surface area (Å²) in [5.41, 5.74) is 3.50. The van der Waals surface area contributed by atoms with E-state index in [1.807, 2.05) is 19.4 Å². The number of para-hydroxylation sites is 1. The van der Waals surface area contributed by atoms with Crippen molar-refractivity contribution in [2.75, 3.05) is 43.4 Å². The third-order valence-electron chi connectivity index (χ3n) is 3.55. The highest BCUT2D eigenvalue weighted by Crippen LogP contribution is 2.30. The fraction of sp³-hybridized carbons (Fsp3) is 0.333. The highest BCUT2D eigenvalue weighted by molar-refractivity contribution is 5.78. The van der Waals surface area contributed by atoms with Crippen molar-refractivity contribution in [3.05, 3.63) is 36.7 Å². The lowest BCUT2D eigenvalue weighted by molar-refractivity contribution is 0.589. The van der Waals surface area contributed by atoms with Crippen LogP contribution in [0.1, 0.15) is 0 Å². The summed E-state index contributed by atoms with van der Waals surface area (Å²) in [7, 11) is 1.82. The molecule has 0 saturated carbocycles. The Labute approximate surface area is 119 Å². The fourth-order valence-corrected chi connectivity index (χ4v) is 2.50. The summed E-state index contributed by atoms with van der Waals surface area (Å²) < 4.78 is 0. The first-order valence-electron chi connectivity index (χ1n) is 6.93. The summed E-state index contributed by atoms with van der Waals surface area (Å²) in [5, 5.41) is 6.33. The maximum Gasteiger partial charge on any atom is 0.222 e.